The fourth-order valence-corrected chi connectivity index (χ4v) is 12.0. The Morgan fingerprint density at radius 2 is 0.951 bits per heavy atom. The minimum absolute atomic E-state index is 0.0186. The van der Waals surface area contributed by atoms with Crippen molar-refractivity contribution in [2.45, 2.75) is 115 Å². The summed E-state index contributed by atoms with van der Waals surface area (Å²) >= 11 is 0. The van der Waals surface area contributed by atoms with E-state index >= 15 is 0 Å². The zero-order valence-electron chi connectivity index (χ0n) is 47.1. The molecule has 0 atom stereocenters. The molecule has 2 aliphatic rings. The summed E-state index contributed by atoms with van der Waals surface area (Å²) in [6.07, 6.45) is 13.5. The van der Waals surface area contributed by atoms with Crippen LogP contribution in [-0.4, -0.2) is 125 Å². The Morgan fingerprint density at radius 3 is 1.31 bits per heavy atom. The number of fused-ring (bicyclic) bond motifs is 2. The van der Waals surface area contributed by atoms with Gasteiger partial charge >= 0.3 is 11.9 Å². The van der Waals surface area contributed by atoms with Gasteiger partial charge in [0.2, 0.25) is 11.8 Å². The van der Waals surface area contributed by atoms with Crippen LogP contribution in [-0.2, 0) is 47.8 Å². The standard InChI is InChI=1S/C30H40N4O6S.C29H38N4O6S/c1-33(41(31,37)38)18-8-7-17-32-27(35)20-34-26-19-23(30(36)40-3)13-16-25(26)28(21-9-5-4-6-10-21)29(34)22-11-14-24(39-2)15-12-22;1-32(40(30,37)38)17-7-6-16-31-26(34)19-33-25-18-22(29(35)36)12-15-24(25)27(20-8-4-3-5-9-20)28(33)21-10-13-23(39-2)14-11-21/h11-16,19,21H,4-10,17-18,20H2,1-3H3,(H,32,35)(H2,31,37,38);10-15,18,20H,3-9,16-17,19H2,1-2H3,(H,31,34)(H,35,36)(H2,30,37,38). The number of carbonyl (C=O) groups is 4. The highest BCUT2D eigenvalue weighted by atomic mass is 32.2. The second-order valence-electron chi connectivity index (χ2n) is 20.9. The molecule has 2 aliphatic carbocycles. The van der Waals surface area contributed by atoms with Crippen LogP contribution in [0.5, 0.6) is 11.5 Å². The number of amides is 2. The van der Waals surface area contributed by atoms with Gasteiger partial charge in [0, 0.05) is 51.0 Å². The number of aromatic nitrogens is 2. The zero-order chi connectivity index (χ0) is 58.4. The highest BCUT2D eigenvalue weighted by Gasteiger charge is 2.30. The molecule has 0 spiro atoms. The van der Waals surface area contributed by atoms with Crippen LogP contribution < -0.4 is 30.4 Å². The number of methoxy groups -OCH3 is 3. The Bertz CT molecular complexity index is 3390. The summed E-state index contributed by atoms with van der Waals surface area (Å²) in [4.78, 5) is 50.8. The normalized spacial score (nSPS) is 14.4. The highest BCUT2D eigenvalue weighted by molar-refractivity contribution is 7.87. The van der Waals surface area contributed by atoms with Crippen molar-refractivity contribution in [3.63, 3.8) is 0 Å². The molecule has 0 bridgehead atoms. The van der Waals surface area contributed by atoms with Crippen LogP contribution in [0.15, 0.2) is 84.9 Å². The molecule has 0 aliphatic heterocycles. The van der Waals surface area contributed by atoms with Gasteiger partial charge in [-0.2, -0.15) is 25.4 Å². The van der Waals surface area contributed by atoms with Gasteiger partial charge in [-0.05, 0) is 158 Å². The van der Waals surface area contributed by atoms with Gasteiger partial charge < -0.3 is 39.1 Å². The number of rotatable bonds is 24. The number of carboxylic acids is 1. The van der Waals surface area contributed by atoms with Gasteiger partial charge in [0.15, 0.2) is 0 Å². The quantitative estimate of drug-likeness (QED) is 0.0283. The van der Waals surface area contributed by atoms with Crippen molar-refractivity contribution in [3.8, 4) is 34.0 Å². The molecule has 2 fully saturated rings. The summed E-state index contributed by atoms with van der Waals surface area (Å²) in [5.74, 6) is 0.292. The Balaban J connectivity index is 0.000000234. The molecule has 7 N–H and O–H groups in total. The second-order valence-corrected chi connectivity index (χ2v) is 24.2. The number of aromatic carboxylic acids is 1. The third-order valence-electron chi connectivity index (χ3n) is 15.5. The van der Waals surface area contributed by atoms with Crippen molar-refractivity contribution < 1.29 is 55.3 Å². The van der Waals surface area contributed by atoms with E-state index in [1.807, 2.05) is 75.9 Å². The van der Waals surface area contributed by atoms with Gasteiger partial charge in [-0.1, -0.05) is 50.7 Å². The lowest BCUT2D eigenvalue weighted by atomic mass is 9.82. The summed E-state index contributed by atoms with van der Waals surface area (Å²) in [6, 6.07) is 26.4. The van der Waals surface area contributed by atoms with E-state index in [0.717, 1.165) is 121 Å². The van der Waals surface area contributed by atoms with E-state index < -0.39 is 32.4 Å². The third-order valence-corrected chi connectivity index (χ3v) is 17.6. The molecule has 2 amide bonds. The van der Waals surface area contributed by atoms with Crippen molar-refractivity contribution in [2.75, 3.05) is 61.6 Å². The van der Waals surface area contributed by atoms with Crippen LogP contribution >= 0.6 is 0 Å². The number of carboxylic acid groups (broad SMARTS) is 1. The number of carbonyl (C=O) groups excluding carboxylic acids is 3. The van der Waals surface area contributed by atoms with Crippen LogP contribution in [0.1, 0.15) is 134 Å². The fraction of sp³-hybridized carbons (Fsp3) is 0.458. The topological polar surface area (TPSA) is 277 Å². The number of esters is 1. The second kappa shape index (κ2) is 28.2. The van der Waals surface area contributed by atoms with Gasteiger partial charge in [-0.15, -0.1) is 0 Å². The van der Waals surface area contributed by atoms with Crippen molar-refractivity contribution in [1.29, 1.82) is 0 Å². The lowest BCUT2D eigenvalue weighted by Gasteiger charge is -2.24. The number of benzene rings is 4. The molecular formula is C59H78N8O12S2. The summed E-state index contributed by atoms with van der Waals surface area (Å²) in [5.41, 5.74) is 8.31. The van der Waals surface area contributed by atoms with E-state index in [4.69, 9.17) is 24.5 Å². The first-order valence-corrected chi connectivity index (χ1v) is 30.7. The predicted molar refractivity (Wildman–Crippen MR) is 314 cm³/mol. The average molecular weight is 1160 g/mol. The summed E-state index contributed by atoms with van der Waals surface area (Å²) in [6.45, 7) is 1.40. The maximum absolute atomic E-state index is 13.3. The first kappa shape index (κ1) is 61.8. The molecule has 0 radical (unpaired) electrons. The Kier molecular flexibility index (Phi) is 21.5. The van der Waals surface area contributed by atoms with Crippen LogP contribution in [0.2, 0.25) is 0 Å². The van der Waals surface area contributed by atoms with Gasteiger partial charge in [-0.25, -0.2) is 19.9 Å². The van der Waals surface area contributed by atoms with E-state index in [9.17, 15) is 41.1 Å². The maximum Gasteiger partial charge on any atom is 0.337 e. The monoisotopic (exact) mass is 1150 g/mol. The molecule has 2 aromatic heterocycles. The highest BCUT2D eigenvalue weighted by Crippen LogP contribution is 2.46. The van der Waals surface area contributed by atoms with Crippen LogP contribution in [0, 0.1) is 0 Å². The molecule has 2 heterocycles. The van der Waals surface area contributed by atoms with E-state index in [2.05, 4.69) is 10.6 Å². The molecule has 438 valence electrons. The molecule has 81 heavy (non-hydrogen) atoms. The largest absolute Gasteiger partial charge is 0.497 e. The van der Waals surface area contributed by atoms with E-state index in [1.165, 1.54) is 39.6 Å². The van der Waals surface area contributed by atoms with Crippen LogP contribution in [0.4, 0.5) is 0 Å². The summed E-state index contributed by atoms with van der Waals surface area (Å²) in [5, 5.41) is 27.9. The molecule has 6 aromatic rings. The minimum atomic E-state index is -3.73. The molecule has 22 heteroatoms. The maximum atomic E-state index is 13.3. The number of hydrogen-bond acceptors (Lipinski definition) is 11. The molecular weight excluding hydrogens is 1080 g/mol. The zero-order valence-corrected chi connectivity index (χ0v) is 48.7. The van der Waals surface area contributed by atoms with E-state index in [1.54, 1.807) is 32.4 Å². The lowest BCUT2D eigenvalue weighted by molar-refractivity contribution is -0.122. The van der Waals surface area contributed by atoms with Gasteiger partial charge in [0.25, 0.3) is 20.4 Å². The lowest BCUT2D eigenvalue weighted by Crippen LogP contribution is -2.34. The van der Waals surface area contributed by atoms with Gasteiger partial charge in [-0.3, -0.25) is 9.59 Å². The van der Waals surface area contributed by atoms with Crippen molar-refractivity contribution >= 4 is 66.0 Å². The van der Waals surface area contributed by atoms with Crippen molar-refractivity contribution in [2.24, 2.45) is 10.3 Å². The molecule has 0 unspecified atom stereocenters. The fourth-order valence-electron chi connectivity index (χ4n) is 11.2. The number of ether oxygens (including phenoxy) is 3. The Morgan fingerprint density at radius 1 is 0.568 bits per heavy atom. The van der Waals surface area contributed by atoms with Crippen molar-refractivity contribution in [1.82, 2.24) is 28.4 Å². The number of nitrogens with one attached hydrogen (secondary N) is 2. The molecule has 2 saturated carbocycles. The molecule has 8 rings (SSSR count). The van der Waals surface area contributed by atoms with Crippen LogP contribution in [0.3, 0.4) is 0 Å². The Labute approximate surface area is 475 Å². The molecule has 0 saturated heterocycles. The van der Waals surface area contributed by atoms with Crippen molar-refractivity contribution in [3.05, 3.63) is 107 Å². The minimum Gasteiger partial charge on any atom is -0.497 e. The summed E-state index contributed by atoms with van der Waals surface area (Å²) < 4.78 is 67.4. The van der Waals surface area contributed by atoms with Gasteiger partial charge in [0.05, 0.1) is 54.9 Å². The number of hydrogen-bond donors (Lipinski definition) is 5. The SMILES string of the molecule is COC(=O)c1ccc2c(C3CCCCC3)c(-c3ccc(OC)cc3)n(CC(=O)NCCCCN(C)S(N)(=O)=O)c2c1.COc1ccc(-c2c(C3CCCCC3)c3ccc(C(=O)O)cc3n2CC(=O)NCCCCN(C)S(N)(=O)=O)cc1. The predicted octanol–water partition coefficient (Wildman–Crippen LogP) is 8.28. The third kappa shape index (κ3) is 15.8. The first-order chi connectivity index (χ1) is 38.7. The van der Waals surface area contributed by atoms with E-state index in [0.29, 0.717) is 56.2 Å². The Hall–Kier alpha value is -6.82. The number of unbranched alkanes of at least 4 members (excludes halogenated alkanes) is 2. The van der Waals surface area contributed by atoms with Crippen LogP contribution in [0.25, 0.3) is 44.3 Å². The smallest absolute Gasteiger partial charge is 0.337 e. The van der Waals surface area contributed by atoms with E-state index in [-0.39, 0.29) is 43.6 Å². The number of nitrogens with two attached hydrogens (primary N) is 2. The van der Waals surface area contributed by atoms with Gasteiger partial charge in [0.1, 0.15) is 24.6 Å². The summed E-state index contributed by atoms with van der Waals surface area (Å²) in [7, 11) is 0.00125. The molecule has 4 aromatic carbocycles. The molecule has 20 nitrogen and oxygen atoms in total. The average Bonchev–Trinajstić information content (AvgIpc) is 3.98. The first-order valence-electron chi connectivity index (χ1n) is 27.7. The number of nitrogens with zero attached hydrogens (tertiary/aromatic N) is 4.